The molecule has 0 radical (unpaired) electrons. The molecule has 0 saturated carbocycles. The second-order valence-electron chi connectivity index (χ2n) is 5.63. The van der Waals surface area contributed by atoms with Gasteiger partial charge in [-0.05, 0) is 44.4 Å². The van der Waals surface area contributed by atoms with Crippen molar-refractivity contribution in [2.75, 3.05) is 25.7 Å². The molecule has 0 aliphatic heterocycles. The van der Waals surface area contributed by atoms with E-state index in [0.29, 0.717) is 18.8 Å². The number of nitrogens with one attached hydrogen (secondary N) is 2. The highest BCUT2D eigenvalue weighted by atomic mass is 32.2. The lowest BCUT2D eigenvalue weighted by molar-refractivity contribution is -0.123. The smallest absolute Gasteiger partial charge is 0.241 e. The van der Waals surface area contributed by atoms with Crippen molar-refractivity contribution >= 4 is 27.7 Å². The van der Waals surface area contributed by atoms with Crippen LogP contribution in [-0.2, 0) is 19.6 Å². The van der Waals surface area contributed by atoms with E-state index >= 15 is 0 Å². The van der Waals surface area contributed by atoms with Crippen molar-refractivity contribution in [3.05, 3.63) is 29.8 Å². The Bertz CT molecular complexity index is 617. The van der Waals surface area contributed by atoms with Crippen LogP contribution in [0.4, 0.5) is 0 Å². The van der Waals surface area contributed by atoms with Crippen molar-refractivity contribution < 1.29 is 17.9 Å². The summed E-state index contributed by atoms with van der Waals surface area (Å²) in [6.07, 6.45) is 2.33. The molecule has 136 valence electrons. The van der Waals surface area contributed by atoms with Crippen LogP contribution in [0.1, 0.15) is 18.9 Å². The van der Waals surface area contributed by atoms with E-state index in [-0.39, 0.29) is 16.8 Å². The molecule has 1 rings (SSSR count). The lowest BCUT2D eigenvalue weighted by Gasteiger charge is -2.21. The first kappa shape index (κ1) is 21.0. The normalized spacial score (nSPS) is 14.2. The Hall–Kier alpha value is -1.09. The summed E-state index contributed by atoms with van der Waals surface area (Å²) in [4.78, 5) is 12.5. The van der Waals surface area contributed by atoms with Crippen molar-refractivity contribution in [1.82, 2.24) is 10.0 Å². The Kier molecular flexibility index (Phi) is 8.75. The van der Waals surface area contributed by atoms with Gasteiger partial charge < -0.3 is 10.1 Å². The molecule has 0 bridgehead atoms. The fourth-order valence-electron chi connectivity index (χ4n) is 2.09. The van der Waals surface area contributed by atoms with Crippen LogP contribution in [0.15, 0.2) is 29.2 Å². The summed E-state index contributed by atoms with van der Waals surface area (Å²) < 4.78 is 32.5. The van der Waals surface area contributed by atoms with Crippen LogP contribution in [0.25, 0.3) is 0 Å². The average molecular weight is 375 g/mol. The van der Waals surface area contributed by atoms with Crippen molar-refractivity contribution in [2.45, 2.75) is 37.2 Å². The minimum Gasteiger partial charge on any atom is -0.383 e. The summed E-state index contributed by atoms with van der Waals surface area (Å²) in [5, 5.41) is 2.77. The van der Waals surface area contributed by atoms with Gasteiger partial charge in [-0.1, -0.05) is 17.7 Å². The highest BCUT2D eigenvalue weighted by molar-refractivity contribution is 7.98. The number of thioether (sulfide) groups is 1. The zero-order valence-corrected chi connectivity index (χ0v) is 16.2. The van der Waals surface area contributed by atoms with Gasteiger partial charge in [0.15, 0.2) is 0 Å². The zero-order valence-electron chi connectivity index (χ0n) is 14.5. The Labute approximate surface area is 148 Å². The van der Waals surface area contributed by atoms with E-state index in [4.69, 9.17) is 4.74 Å². The predicted octanol–water partition coefficient (Wildman–Crippen LogP) is 1.55. The molecule has 6 nitrogen and oxygen atoms in total. The Morgan fingerprint density at radius 2 is 1.92 bits per heavy atom. The average Bonchev–Trinajstić information content (AvgIpc) is 2.51. The van der Waals surface area contributed by atoms with E-state index in [1.807, 2.05) is 20.1 Å². The molecule has 2 atom stereocenters. The van der Waals surface area contributed by atoms with Crippen LogP contribution in [0.2, 0.25) is 0 Å². The van der Waals surface area contributed by atoms with Crippen LogP contribution in [0.3, 0.4) is 0 Å². The molecule has 2 N–H and O–H groups in total. The minimum atomic E-state index is -3.75. The zero-order chi connectivity index (χ0) is 18.2. The summed E-state index contributed by atoms with van der Waals surface area (Å²) in [6.45, 7) is 4.06. The van der Waals surface area contributed by atoms with E-state index < -0.39 is 16.1 Å². The SMILES string of the molecule is COC[C@H](C)NC(=O)[C@@H](CCSC)NS(=O)(=O)c1ccc(C)cc1. The van der Waals surface area contributed by atoms with Crippen LogP contribution >= 0.6 is 11.8 Å². The highest BCUT2D eigenvalue weighted by Gasteiger charge is 2.26. The summed E-state index contributed by atoms with van der Waals surface area (Å²) in [6, 6.07) is 5.52. The lowest BCUT2D eigenvalue weighted by atomic mass is 10.2. The molecule has 0 saturated heterocycles. The number of hydrogen-bond donors (Lipinski definition) is 2. The molecule has 1 aromatic rings. The number of amides is 1. The third-order valence-corrected chi connectivity index (χ3v) is 5.49. The fourth-order valence-corrected chi connectivity index (χ4v) is 3.79. The van der Waals surface area contributed by atoms with Gasteiger partial charge in [-0.3, -0.25) is 4.79 Å². The molecule has 0 fully saturated rings. The quantitative estimate of drug-likeness (QED) is 0.649. The first-order valence-electron chi connectivity index (χ1n) is 7.67. The maximum atomic E-state index is 12.5. The molecule has 0 unspecified atom stereocenters. The van der Waals surface area contributed by atoms with Crippen LogP contribution in [0.5, 0.6) is 0 Å². The van der Waals surface area contributed by atoms with E-state index in [1.54, 1.807) is 31.0 Å². The molecule has 0 aromatic heterocycles. The van der Waals surface area contributed by atoms with Gasteiger partial charge in [0.1, 0.15) is 6.04 Å². The molecule has 0 heterocycles. The molecular weight excluding hydrogens is 348 g/mol. The van der Waals surface area contributed by atoms with E-state index in [2.05, 4.69) is 10.0 Å². The van der Waals surface area contributed by atoms with Crippen molar-refractivity contribution in [1.29, 1.82) is 0 Å². The van der Waals surface area contributed by atoms with Gasteiger partial charge in [-0.2, -0.15) is 16.5 Å². The molecule has 1 aromatic carbocycles. The third-order valence-electron chi connectivity index (χ3n) is 3.36. The summed E-state index contributed by atoms with van der Waals surface area (Å²) >= 11 is 1.56. The molecule has 0 aliphatic carbocycles. The number of rotatable bonds is 10. The summed E-state index contributed by atoms with van der Waals surface area (Å²) in [5.41, 5.74) is 0.971. The predicted molar refractivity (Wildman–Crippen MR) is 97.8 cm³/mol. The molecule has 0 spiro atoms. The number of benzene rings is 1. The van der Waals surface area contributed by atoms with Crippen LogP contribution < -0.4 is 10.0 Å². The monoisotopic (exact) mass is 374 g/mol. The van der Waals surface area contributed by atoms with Gasteiger partial charge in [-0.25, -0.2) is 8.42 Å². The standard InChI is InChI=1S/C16H26N2O4S2/c1-12-5-7-14(8-6-12)24(20,21)18-15(9-10-23-4)16(19)17-13(2)11-22-3/h5-8,13,15,18H,9-11H2,1-4H3,(H,17,19)/t13-,15+/m0/s1. The minimum absolute atomic E-state index is 0.153. The maximum absolute atomic E-state index is 12.5. The summed E-state index contributed by atoms with van der Waals surface area (Å²) in [7, 11) is -2.20. The van der Waals surface area contributed by atoms with E-state index in [1.165, 1.54) is 12.1 Å². The Morgan fingerprint density at radius 3 is 2.46 bits per heavy atom. The molecule has 8 heteroatoms. The summed E-state index contributed by atoms with van der Waals surface area (Å²) in [5.74, 6) is 0.331. The second-order valence-corrected chi connectivity index (χ2v) is 8.33. The number of sulfonamides is 1. The number of aryl methyl sites for hydroxylation is 1. The molecule has 24 heavy (non-hydrogen) atoms. The maximum Gasteiger partial charge on any atom is 0.241 e. The largest absolute Gasteiger partial charge is 0.383 e. The number of carbonyl (C=O) groups is 1. The van der Waals surface area contributed by atoms with Gasteiger partial charge in [0.05, 0.1) is 11.5 Å². The van der Waals surface area contributed by atoms with Crippen molar-refractivity contribution in [2.24, 2.45) is 0 Å². The van der Waals surface area contributed by atoms with Gasteiger partial charge in [-0.15, -0.1) is 0 Å². The first-order valence-corrected chi connectivity index (χ1v) is 10.5. The van der Waals surface area contributed by atoms with Crippen molar-refractivity contribution in [3.8, 4) is 0 Å². The Balaban J connectivity index is 2.87. The van der Waals surface area contributed by atoms with Crippen LogP contribution in [0, 0.1) is 6.92 Å². The number of methoxy groups -OCH3 is 1. The highest BCUT2D eigenvalue weighted by Crippen LogP contribution is 2.12. The first-order chi connectivity index (χ1) is 11.3. The number of carbonyl (C=O) groups excluding carboxylic acids is 1. The van der Waals surface area contributed by atoms with Gasteiger partial charge >= 0.3 is 0 Å². The lowest BCUT2D eigenvalue weighted by Crippen LogP contribution is -2.50. The van der Waals surface area contributed by atoms with Gasteiger partial charge in [0.25, 0.3) is 0 Å². The van der Waals surface area contributed by atoms with Crippen LogP contribution in [-0.4, -0.2) is 52.1 Å². The van der Waals surface area contributed by atoms with Crippen molar-refractivity contribution in [3.63, 3.8) is 0 Å². The van der Waals surface area contributed by atoms with E-state index in [9.17, 15) is 13.2 Å². The van der Waals surface area contributed by atoms with Gasteiger partial charge in [0.2, 0.25) is 15.9 Å². The van der Waals surface area contributed by atoms with Gasteiger partial charge in [0, 0.05) is 13.2 Å². The second kappa shape index (κ2) is 10.0. The molecule has 1 amide bonds. The third kappa shape index (κ3) is 6.80. The van der Waals surface area contributed by atoms with E-state index in [0.717, 1.165) is 5.56 Å². The number of hydrogen-bond acceptors (Lipinski definition) is 5. The molecular formula is C16H26N2O4S2. The number of ether oxygens (including phenoxy) is 1. The topological polar surface area (TPSA) is 84.5 Å². The fraction of sp³-hybridized carbons (Fsp3) is 0.562. The Morgan fingerprint density at radius 1 is 1.29 bits per heavy atom. The molecule has 0 aliphatic rings.